The fourth-order valence-corrected chi connectivity index (χ4v) is 2.84. The van der Waals surface area contributed by atoms with Crippen LogP contribution in [0.4, 0.5) is 0 Å². The van der Waals surface area contributed by atoms with Gasteiger partial charge in [0.1, 0.15) is 0 Å². The van der Waals surface area contributed by atoms with E-state index in [9.17, 15) is 4.79 Å². The van der Waals surface area contributed by atoms with Gasteiger partial charge in [-0.1, -0.05) is 24.3 Å². The van der Waals surface area contributed by atoms with Crippen molar-refractivity contribution in [3.8, 4) is 0 Å². The smallest absolute Gasteiger partial charge is 0.223 e. The van der Waals surface area contributed by atoms with Crippen molar-refractivity contribution in [2.75, 3.05) is 6.54 Å². The third-order valence-electron chi connectivity index (χ3n) is 3.93. The van der Waals surface area contributed by atoms with Gasteiger partial charge in [0.25, 0.3) is 0 Å². The second-order valence-corrected chi connectivity index (χ2v) is 5.62. The average molecular weight is 260 g/mol. The van der Waals surface area contributed by atoms with Crippen molar-refractivity contribution in [2.45, 2.75) is 51.6 Å². The Morgan fingerprint density at radius 1 is 1.47 bits per heavy atom. The molecule has 0 aromatic heterocycles. The van der Waals surface area contributed by atoms with Crippen molar-refractivity contribution < 1.29 is 4.79 Å². The number of benzene rings is 1. The Labute approximate surface area is 115 Å². The number of amides is 1. The van der Waals surface area contributed by atoms with Crippen molar-refractivity contribution in [1.29, 1.82) is 0 Å². The van der Waals surface area contributed by atoms with E-state index in [-0.39, 0.29) is 18.0 Å². The highest BCUT2D eigenvalue weighted by molar-refractivity contribution is 5.77. The van der Waals surface area contributed by atoms with Gasteiger partial charge in [-0.2, -0.15) is 0 Å². The van der Waals surface area contributed by atoms with Crippen LogP contribution in [0.3, 0.4) is 0 Å². The summed E-state index contributed by atoms with van der Waals surface area (Å²) in [7, 11) is 0. The molecule has 0 saturated carbocycles. The molecule has 1 aromatic carbocycles. The minimum Gasteiger partial charge on any atom is -0.336 e. The molecule has 0 aliphatic carbocycles. The summed E-state index contributed by atoms with van der Waals surface area (Å²) in [5.74, 6) is 0.253. The van der Waals surface area contributed by atoms with Crippen molar-refractivity contribution in [2.24, 2.45) is 5.73 Å². The summed E-state index contributed by atoms with van der Waals surface area (Å²) in [5.41, 5.74) is 8.32. The Morgan fingerprint density at radius 3 is 2.89 bits per heavy atom. The Hall–Kier alpha value is -1.35. The lowest BCUT2D eigenvalue weighted by Gasteiger charge is -2.26. The minimum atomic E-state index is 0.100. The number of hydrogen-bond donors (Lipinski definition) is 1. The molecule has 3 nitrogen and oxygen atoms in total. The van der Waals surface area contributed by atoms with E-state index >= 15 is 0 Å². The van der Waals surface area contributed by atoms with E-state index in [1.54, 1.807) is 0 Å². The predicted molar refractivity (Wildman–Crippen MR) is 77.8 cm³/mol. The normalized spacial score (nSPS) is 20.6. The summed E-state index contributed by atoms with van der Waals surface area (Å²) in [5, 5.41) is 0. The van der Waals surface area contributed by atoms with Gasteiger partial charge in [0.2, 0.25) is 5.91 Å². The molecule has 0 radical (unpaired) electrons. The quantitative estimate of drug-likeness (QED) is 0.905. The van der Waals surface area contributed by atoms with Crippen LogP contribution in [-0.2, 0) is 4.79 Å². The first kappa shape index (κ1) is 14.1. The molecule has 1 saturated heterocycles. The Morgan fingerprint density at radius 2 is 2.21 bits per heavy atom. The minimum absolute atomic E-state index is 0.100. The van der Waals surface area contributed by atoms with E-state index in [0.717, 1.165) is 25.8 Å². The standard InChI is InChI=1S/C16H24N2O/c1-12-6-3-4-7-14(12)15-8-5-11-18(15)16(19)10-9-13(2)17/h3-4,6-7,13,15H,5,8-11,17H2,1-2H3. The highest BCUT2D eigenvalue weighted by Gasteiger charge is 2.30. The van der Waals surface area contributed by atoms with Gasteiger partial charge < -0.3 is 10.6 Å². The molecule has 0 bridgehead atoms. The zero-order valence-electron chi connectivity index (χ0n) is 11.9. The van der Waals surface area contributed by atoms with Gasteiger partial charge in [0.15, 0.2) is 0 Å². The molecule has 2 N–H and O–H groups in total. The van der Waals surface area contributed by atoms with Gasteiger partial charge in [-0.3, -0.25) is 4.79 Å². The lowest BCUT2D eigenvalue weighted by atomic mass is 9.99. The maximum Gasteiger partial charge on any atom is 0.223 e. The molecule has 2 rings (SSSR count). The predicted octanol–water partition coefficient (Wildman–Crippen LogP) is 2.79. The number of nitrogens with zero attached hydrogens (tertiary/aromatic N) is 1. The third kappa shape index (κ3) is 3.35. The van der Waals surface area contributed by atoms with E-state index in [2.05, 4.69) is 31.2 Å². The van der Waals surface area contributed by atoms with Crippen LogP contribution in [0.5, 0.6) is 0 Å². The summed E-state index contributed by atoms with van der Waals surface area (Å²) in [6.45, 7) is 4.96. The number of likely N-dealkylation sites (tertiary alicyclic amines) is 1. The highest BCUT2D eigenvalue weighted by Crippen LogP contribution is 2.34. The monoisotopic (exact) mass is 260 g/mol. The van der Waals surface area contributed by atoms with Crippen LogP contribution in [0, 0.1) is 6.92 Å². The molecule has 1 aliphatic heterocycles. The molecule has 3 heteroatoms. The summed E-state index contributed by atoms with van der Waals surface area (Å²) in [4.78, 5) is 14.4. The van der Waals surface area contributed by atoms with Crippen LogP contribution in [0.25, 0.3) is 0 Å². The molecule has 19 heavy (non-hydrogen) atoms. The number of rotatable bonds is 4. The van der Waals surface area contributed by atoms with Crippen molar-refractivity contribution in [1.82, 2.24) is 4.90 Å². The molecule has 1 heterocycles. The van der Waals surface area contributed by atoms with Gasteiger partial charge in [0.05, 0.1) is 6.04 Å². The molecule has 2 atom stereocenters. The van der Waals surface area contributed by atoms with Crippen molar-refractivity contribution in [3.63, 3.8) is 0 Å². The van der Waals surface area contributed by atoms with Gasteiger partial charge in [-0.25, -0.2) is 0 Å². The average Bonchev–Trinajstić information content (AvgIpc) is 2.85. The van der Waals surface area contributed by atoms with E-state index in [1.807, 2.05) is 11.8 Å². The summed E-state index contributed by atoms with van der Waals surface area (Å²) < 4.78 is 0. The fourth-order valence-electron chi connectivity index (χ4n) is 2.84. The Kier molecular flexibility index (Phi) is 4.59. The molecular formula is C16H24N2O. The maximum absolute atomic E-state index is 12.3. The summed E-state index contributed by atoms with van der Waals surface area (Å²) in [6.07, 6.45) is 3.52. The first-order valence-corrected chi connectivity index (χ1v) is 7.20. The van der Waals surface area contributed by atoms with Crippen LogP contribution in [0.15, 0.2) is 24.3 Å². The Bertz CT molecular complexity index is 442. The van der Waals surface area contributed by atoms with Crippen molar-refractivity contribution >= 4 is 5.91 Å². The molecule has 1 aromatic rings. The number of carbonyl (C=O) groups excluding carboxylic acids is 1. The van der Waals surface area contributed by atoms with E-state index in [1.165, 1.54) is 11.1 Å². The molecule has 1 aliphatic rings. The fraction of sp³-hybridized carbons (Fsp3) is 0.562. The molecule has 2 unspecified atom stereocenters. The van der Waals surface area contributed by atoms with Gasteiger partial charge in [-0.15, -0.1) is 0 Å². The van der Waals surface area contributed by atoms with E-state index in [4.69, 9.17) is 5.73 Å². The second kappa shape index (κ2) is 6.20. The van der Waals surface area contributed by atoms with Gasteiger partial charge in [-0.05, 0) is 44.2 Å². The van der Waals surface area contributed by atoms with Crippen LogP contribution < -0.4 is 5.73 Å². The van der Waals surface area contributed by atoms with Gasteiger partial charge in [0, 0.05) is 19.0 Å². The SMILES string of the molecule is Cc1ccccc1C1CCCN1C(=O)CCC(C)N. The molecule has 1 fully saturated rings. The van der Waals surface area contributed by atoms with Crippen LogP contribution in [0.2, 0.25) is 0 Å². The maximum atomic E-state index is 12.3. The third-order valence-corrected chi connectivity index (χ3v) is 3.93. The number of carbonyl (C=O) groups is 1. The first-order valence-electron chi connectivity index (χ1n) is 7.20. The molecule has 1 amide bonds. The van der Waals surface area contributed by atoms with E-state index in [0.29, 0.717) is 6.42 Å². The Balaban J connectivity index is 2.09. The van der Waals surface area contributed by atoms with E-state index < -0.39 is 0 Å². The molecule has 104 valence electrons. The molecular weight excluding hydrogens is 236 g/mol. The topological polar surface area (TPSA) is 46.3 Å². The van der Waals surface area contributed by atoms with Crippen LogP contribution >= 0.6 is 0 Å². The second-order valence-electron chi connectivity index (χ2n) is 5.62. The summed E-state index contributed by atoms with van der Waals surface area (Å²) >= 11 is 0. The zero-order chi connectivity index (χ0) is 13.8. The lowest BCUT2D eigenvalue weighted by Crippen LogP contribution is -2.31. The lowest BCUT2D eigenvalue weighted by molar-refractivity contribution is -0.132. The number of hydrogen-bond acceptors (Lipinski definition) is 2. The first-order chi connectivity index (χ1) is 9.09. The van der Waals surface area contributed by atoms with Gasteiger partial charge >= 0.3 is 0 Å². The zero-order valence-corrected chi connectivity index (χ0v) is 11.9. The van der Waals surface area contributed by atoms with Crippen LogP contribution in [0.1, 0.15) is 49.8 Å². The van der Waals surface area contributed by atoms with Crippen molar-refractivity contribution in [3.05, 3.63) is 35.4 Å². The summed E-state index contributed by atoms with van der Waals surface area (Å²) in [6, 6.07) is 8.75. The molecule has 0 spiro atoms. The highest BCUT2D eigenvalue weighted by atomic mass is 16.2. The van der Waals surface area contributed by atoms with Crippen LogP contribution in [-0.4, -0.2) is 23.4 Å². The number of nitrogens with two attached hydrogens (primary N) is 1. The number of aryl methyl sites for hydroxylation is 1. The largest absolute Gasteiger partial charge is 0.336 e.